The molecule has 3 aromatic rings. The average Bonchev–Trinajstić information content (AvgIpc) is 2.48. The van der Waals surface area contributed by atoms with Gasteiger partial charge >= 0.3 is 0 Å². The zero-order valence-electron chi connectivity index (χ0n) is 11.0. The lowest BCUT2D eigenvalue weighted by molar-refractivity contribution is 0.476. The van der Waals surface area contributed by atoms with Crippen molar-refractivity contribution >= 4 is 16.5 Å². The van der Waals surface area contributed by atoms with Crippen LogP contribution in [0.3, 0.4) is 0 Å². The molecule has 0 saturated carbocycles. The Morgan fingerprint density at radius 1 is 0.800 bits per heavy atom. The minimum absolute atomic E-state index is 0.300. The molecule has 3 aromatic carbocycles. The fraction of sp³-hybridized carbons (Fsp3) is 0.0588. The summed E-state index contributed by atoms with van der Waals surface area (Å²) >= 11 is 0. The van der Waals surface area contributed by atoms with Crippen LogP contribution in [0.25, 0.3) is 10.8 Å². The van der Waals surface area contributed by atoms with Gasteiger partial charge in [-0.15, -0.1) is 0 Å². The van der Waals surface area contributed by atoms with E-state index in [0.717, 1.165) is 23.0 Å². The molecule has 0 bridgehead atoms. The second-order valence-electron chi connectivity index (χ2n) is 4.71. The van der Waals surface area contributed by atoms with E-state index in [9.17, 15) is 5.11 Å². The first-order valence-corrected chi connectivity index (χ1v) is 6.57. The van der Waals surface area contributed by atoms with E-state index in [2.05, 4.69) is 23.0 Å². The Kier molecular flexibility index (Phi) is 3.52. The molecule has 0 unspecified atom stereocenters. The van der Waals surface area contributed by atoms with Gasteiger partial charge in [-0.2, -0.15) is 0 Å². The molecular weight excluding hydrogens is 248 g/mol. The predicted molar refractivity (Wildman–Crippen MR) is 82.5 cm³/mol. The summed E-state index contributed by atoms with van der Waals surface area (Å²) in [5.41, 5.74) is 8.58. The summed E-state index contributed by atoms with van der Waals surface area (Å²) in [6.45, 7) is 0.728. The van der Waals surface area contributed by atoms with Gasteiger partial charge in [0.25, 0.3) is 0 Å². The van der Waals surface area contributed by atoms with E-state index in [-0.39, 0.29) is 0 Å². The average molecular weight is 264 g/mol. The van der Waals surface area contributed by atoms with E-state index in [0.29, 0.717) is 5.75 Å². The van der Waals surface area contributed by atoms with Crippen molar-refractivity contribution < 1.29 is 5.11 Å². The third kappa shape index (κ3) is 2.90. The Bertz CT molecular complexity index is 711. The van der Waals surface area contributed by atoms with Crippen molar-refractivity contribution in [2.75, 3.05) is 5.43 Å². The van der Waals surface area contributed by atoms with Crippen molar-refractivity contribution in [2.45, 2.75) is 6.54 Å². The molecule has 0 amide bonds. The highest BCUT2D eigenvalue weighted by atomic mass is 16.3. The normalized spacial score (nSPS) is 10.6. The Morgan fingerprint density at radius 2 is 1.55 bits per heavy atom. The van der Waals surface area contributed by atoms with Crippen LogP contribution in [0.2, 0.25) is 0 Å². The molecule has 3 heteroatoms. The fourth-order valence-corrected chi connectivity index (χ4v) is 2.16. The van der Waals surface area contributed by atoms with Gasteiger partial charge in [-0.1, -0.05) is 36.4 Å². The maximum absolute atomic E-state index is 9.44. The van der Waals surface area contributed by atoms with Crippen LogP contribution >= 0.6 is 0 Å². The van der Waals surface area contributed by atoms with Crippen molar-refractivity contribution in [3.8, 4) is 5.75 Å². The molecule has 100 valence electrons. The molecule has 0 saturated heterocycles. The number of aromatic hydroxyl groups is 1. The number of fused-ring (bicyclic) bond motifs is 1. The highest BCUT2D eigenvalue weighted by Crippen LogP contribution is 2.21. The number of hydrogen-bond donors (Lipinski definition) is 3. The first kappa shape index (κ1) is 12.5. The van der Waals surface area contributed by atoms with Crippen LogP contribution in [-0.4, -0.2) is 5.11 Å². The minimum Gasteiger partial charge on any atom is -0.508 e. The molecule has 3 N–H and O–H groups in total. The van der Waals surface area contributed by atoms with E-state index in [4.69, 9.17) is 0 Å². The van der Waals surface area contributed by atoms with E-state index in [1.807, 2.05) is 42.5 Å². The lowest BCUT2D eigenvalue weighted by atomic mass is 10.1. The standard InChI is InChI=1S/C17H16N2O/c20-17-9-8-14-10-13(6-7-15(14)11-17)12-18-19-16-4-2-1-3-5-16/h1-11,18-20H,12H2. The second kappa shape index (κ2) is 5.63. The highest BCUT2D eigenvalue weighted by Gasteiger charge is 1.98. The molecule has 0 fully saturated rings. The minimum atomic E-state index is 0.300. The molecule has 0 aliphatic heterocycles. The van der Waals surface area contributed by atoms with Gasteiger partial charge in [0.2, 0.25) is 0 Å². The first-order valence-electron chi connectivity index (χ1n) is 6.57. The summed E-state index contributed by atoms with van der Waals surface area (Å²) in [6, 6.07) is 21.6. The zero-order chi connectivity index (χ0) is 13.8. The number of phenolic OH excluding ortho intramolecular Hbond substituents is 1. The predicted octanol–water partition coefficient (Wildman–Crippen LogP) is 3.66. The van der Waals surface area contributed by atoms with E-state index in [1.165, 1.54) is 5.56 Å². The Morgan fingerprint density at radius 3 is 2.40 bits per heavy atom. The van der Waals surface area contributed by atoms with Crippen LogP contribution in [0.1, 0.15) is 5.56 Å². The number of nitrogens with one attached hydrogen (secondary N) is 2. The van der Waals surface area contributed by atoms with Gasteiger partial charge in [-0.05, 0) is 46.7 Å². The summed E-state index contributed by atoms with van der Waals surface area (Å²) in [6.07, 6.45) is 0. The van der Waals surface area contributed by atoms with E-state index >= 15 is 0 Å². The van der Waals surface area contributed by atoms with Gasteiger partial charge < -0.3 is 10.5 Å². The largest absolute Gasteiger partial charge is 0.508 e. The summed E-state index contributed by atoms with van der Waals surface area (Å²) < 4.78 is 0. The van der Waals surface area contributed by atoms with Gasteiger partial charge in [0.15, 0.2) is 0 Å². The molecule has 0 aliphatic carbocycles. The molecular formula is C17H16N2O. The number of benzene rings is 3. The van der Waals surface area contributed by atoms with Gasteiger partial charge in [0.1, 0.15) is 5.75 Å². The number of para-hydroxylation sites is 1. The smallest absolute Gasteiger partial charge is 0.116 e. The SMILES string of the molecule is Oc1ccc2cc(CNNc3ccccc3)ccc2c1. The zero-order valence-corrected chi connectivity index (χ0v) is 11.0. The van der Waals surface area contributed by atoms with Crippen LogP contribution in [0.15, 0.2) is 66.7 Å². The molecule has 3 nitrogen and oxygen atoms in total. The number of phenols is 1. The molecule has 0 spiro atoms. The van der Waals surface area contributed by atoms with Gasteiger partial charge in [0.05, 0.1) is 0 Å². The molecule has 0 aromatic heterocycles. The second-order valence-corrected chi connectivity index (χ2v) is 4.71. The summed E-state index contributed by atoms with van der Waals surface area (Å²) in [5, 5.41) is 11.6. The quantitative estimate of drug-likeness (QED) is 0.630. The maximum atomic E-state index is 9.44. The van der Waals surface area contributed by atoms with Crippen molar-refractivity contribution in [2.24, 2.45) is 0 Å². The van der Waals surface area contributed by atoms with Crippen LogP contribution in [-0.2, 0) is 6.54 Å². The number of anilines is 1. The Balaban J connectivity index is 1.67. The topological polar surface area (TPSA) is 44.3 Å². The molecule has 0 heterocycles. The Hall–Kier alpha value is -2.52. The van der Waals surface area contributed by atoms with Crippen LogP contribution in [0, 0.1) is 0 Å². The summed E-state index contributed by atoms with van der Waals surface area (Å²) in [4.78, 5) is 0. The van der Waals surface area contributed by atoms with Gasteiger partial charge in [-0.3, -0.25) is 0 Å². The van der Waals surface area contributed by atoms with Crippen molar-refractivity contribution in [3.05, 3.63) is 72.3 Å². The third-order valence-electron chi connectivity index (χ3n) is 3.19. The maximum Gasteiger partial charge on any atom is 0.116 e. The van der Waals surface area contributed by atoms with Crippen LogP contribution < -0.4 is 10.9 Å². The molecule has 0 atom stereocenters. The van der Waals surface area contributed by atoms with Crippen molar-refractivity contribution in [3.63, 3.8) is 0 Å². The van der Waals surface area contributed by atoms with E-state index < -0.39 is 0 Å². The Labute approximate surface area is 117 Å². The lowest BCUT2D eigenvalue weighted by Gasteiger charge is -2.09. The lowest BCUT2D eigenvalue weighted by Crippen LogP contribution is -2.20. The number of hydrazine groups is 1. The molecule has 20 heavy (non-hydrogen) atoms. The summed E-state index contributed by atoms with van der Waals surface area (Å²) in [7, 11) is 0. The number of rotatable bonds is 4. The third-order valence-corrected chi connectivity index (χ3v) is 3.19. The summed E-state index contributed by atoms with van der Waals surface area (Å²) in [5.74, 6) is 0.300. The monoisotopic (exact) mass is 264 g/mol. The molecule has 0 aliphatic rings. The van der Waals surface area contributed by atoms with Crippen molar-refractivity contribution in [1.82, 2.24) is 5.43 Å². The van der Waals surface area contributed by atoms with Crippen molar-refractivity contribution in [1.29, 1.82) is 0 Å². The van der Waals surface area contributed by atoms with Gasteiger partial charge in [0, 0.05) is 12.2 Å². The number of hydrogen-bond acceptors (Lipinski definition) is 3. The van der Waals surface area contributed by atoms with Gasteiger partial charge in [-0.25, -0.2) is 5.43 Å². The molecule has 0 radical (unpaired) electrons. The fourth-order valence-electron chi connectivity index (χ4n) is 2.16. The first-order chi connectivity index (χ1) is 9.81. The molecule has 3 rings (SSSR count). The van der Waals surface area contributed by atoms with E-state index in [1.54, 1.807) is 12.1 Å². The van der Waals surface area contributed by atoms with Crippen LogP contribution in [0.4, 0.5) is 5.69 Å². The highest BCUT2D eigenvalue weighted by molar-refractivity contribution is 5.84. The van der Waals surface area contributed by atoms with Crippen LogP contribution in [0.5, 0.6) is 5.75 Å².